The van der Waals surface area contributed by atoms with Gasteiger partial charge in [0.05, 0.1) is 0 Å². The maximum Gasteiger partial charge on any atom is 0.0474 e. The first-order valence-electron chi connectivity index (χ1n) is 4.54. The lowest BCUT2D eigenvalue weighted by Gasteiger charge is -2.31. The van der Waals surface area contributed by atoms with Crippen molar-refractivity contribution in [3.05, 3.63) is 0 Å². The van der Waals surface area contributed by atoms with Crippen LogP contribution in [0.15, 0.2) is 0 Å². The molecule has 0 spiro atoms. The summed E-state index contributed by atoms with van der Waals surface area (Å²) in [6, 6.07) is 0. The van der Waals surface area contributed by atoms with Crippen LogP contribution in [0.25, 0.3) is 0 Å². The highest BCUT2D eigenvalue weighted by atomic mass is 16.5. The van der Waals surface area contributed by atoms with Gasteiger partial charge in [-0.25, -0.2) is 5.01 Å². The summed E-state index contributed by atoms with van der Waals surface area (Å²) >= 11 is 0. The molecule has 1 fully saturated rings. The lowest BCUT2D eigenvalue weighted by molar-refractivity contribution is 0.117. The molecule has 1 aliphatic heterocycles. The molecule has 0 saturated carbocycles. The Morgan fingerprint density at radius 1 is 1.25 bits per heavy atom. The molecule has 0 atom stereocenters. The largest absolute Gasteiger partial charge is 0.385 e. The fraction of sp³-hybridized carbons (Fsp3) is 1.00. The third kappa shape index (κ3) is 3.49. The van der Waals surface area contributed by atoms with E-state index in [1.165, 1.54) is 0 Å². The number of ether oxygens (including phenoxy) is 1. The Labute approximate surface area is 74.2 Å². The van der Waals surface area contributed by atoms with Crippen LogP contribution in [0.2, 0.25) is 0 Å². The third-order valence-corrected chi connectivity index (χ3v) is 2.23. The van der Waals surface area contributed by atoms with Gasteiger partial charge in [-0.3, -0.25) is 5.84 Å². The quantitative estimate of drug-likeness (QED) is 0.460. The zero-order chi connectivity index (χ0) is 8.81. The fourth-order valence-corrected chi connectivity index (χ4v) is 1.42. The summed E-state index contributed by atoms with van der Waals surface area (Å²) in [7, 11) is 1.75. The minimum absolute atomic E-state index is 0.864. The lowest BCUT2D eigenvalue weighted by Crippen LogP contribution is -2.49. The number of rotatable bonds is 4. The van der Waals surface area contributed by atoms with Gasteiger partial charge in [0.15, 0.2) is 0 Å². The minimum Gasteiger partial charge on any atom is -0.385 e. The van der Waals surface area contributed by atoms with Crippen LogP contribution < -0.4 is 5.84 Å². The molecule has 0 aromatic rings. The number of piperazine rings is 1. The molecule has 0 aromatic carbocycles. The standard InChI is InChI=1S/C8H19N3O/c1-12-8-2-3-10-4-6-11(9)7-5-10/h2-9H2,1H3. The topological polar surface area (TPSA) is 41.7 Å². The Kier molecular flexibility index (Phi) is 4.53. The Balaban J connectivity index is 2.01. The van der Waals surface area contributed by atoms with E-state index < -0.39 is 0 Å². The van der Waals surface area contributed by atoms with Crippen LogP contribution in [0.4, 0.5) is 0 Å². The number of nitrogens with zero attached hydrogens (tertiary/aromatic N) is 2. The molecule has 0 aliphatic carbocycles. The van der Waals surface area contributed by atoms with E-state index in [1.54, 1.807) is 7.11 Å². The molecule has 1 rings (SSSR count). The molecule has 1 heterocycles. The highest BCUT2D eigenvalue weighted by Crippen LogP contribution is 1.98. The van der Waals surface area contributed by atoms with E-state index in [0.717, 1.165) is 45.8 Å². The zero-order valence-corrected chi connectivity index (χ0v) is 7.83. The number of hydrogen-bond acceptors (Lipinski definition) is 4. The third-order valence-electron chi connectivity index (χ3n) is 2.23. The molecule has 0 bridgehead atoms. The van der Waals surface area contributed by atoms with Gasteiger partial charge in [0.25, 0.3) is 0 Å². The summed E-state index contributed by atoms with van der Waals surface area (Å²) in [5.41, 5.74) is 0. The molecule has 2 N–H and O–H groups in total. The molecular formula is C8H19N3O. The normalized spacial score (nSPS) is 21.5. The second-order valence-corrected chi connectivity index (χ2v) is 3.22. The van der Waals surface area contributed by atoms with Crippen molar-refractivity contribution < 1.29 is 4.74 Å². The average Bonchev–Trinajstić information content (AvgIpc) is 2.09. The van der Waals surface area contributed by atoms with Crippen molar-refractivity contribution in [1.82, 2.24) is 9.91 Å². The Morgan fingerprint density at radius 2 is 1.92 bits per heavy atom. The highest BCUT2D eigenvalue weighted by Gasteiger charge is 2.12. The van der Waals surface area contributed by atoms with Crippen LogP contribution in [0.1, 0.15) is 6.42 Å². The Morgan fingerprint density at radius 3 is 2.50 bits per heavy atom. The van der Waals surface area contributed by atoms with Gasteiger partial charge in [-0.1, -0.05) is 0 Å². The molecule has 0 aromatic heterocycles. The average molecular weight is 173 g/mol. The molecule has 0 amide bonds. The number of hydrazine groups is 1. The van der Waals surface area contributed by atoms with Crippen molar-refractivity contribution in [2.75, 3.05) is 46.4 Å². The number of nitrogens with two attached hydrogens (primary N) is 1. The van der Waals surface area contributed by atoms with Crippen LogP contribution in [-0.2, 0) is 4.74 Å². The monoisotopic (exact) mass is 173 g/mol. The van der Waals surface area contributed by atoms with Crippen LogP contribution >= 0.6 is 0 Å². The molecule has 1 saturated heterocycles. The van der Waals surface area contributed by atoms with Crippen molar-refractivity contribution in [3.63, 3.8) is 0 Å². The van der Waals surface area contributed by atoms with Crippen molar-refractivity contribution in [1.29, 1.82) is 0 Å². The van der Waals surface area contributed by atoms with E-state index in [4.69, 9.17) is 10.6 Å². The summed E-state index contributed by atoms with van der Waals surface area (Å²) in [6.07, 6.45) is 1.13. The number of methoxy groups -OCH3 is 1. The Hall–Kier alpha value is -0.160. The summed E-state index contributed by atoms with van der Waals surface area (Å²) in [6.45, 7) is 6.19. The van der Waals surface area contributed by atoms with Gasteiger partial charge < -0.3 is 9.64 Å². The van der Waals surface area contributed by atoms with Gasteiger partial charge in [-0.2, -0.15) is 0 Å². The summed E-state index contributed by atoms with van der Waals surface area (Å²) in [5, 5.41) is 1.88. The van der Waals surface area contributed by atoms with Crippen LogP contribution in [0, 0.1) is 0 Å². The van der Waals surface area contributed by atoms with Crippen molar-refractivity contribution in [3.8, 4) is 0 Å². The maximum atomic E-state index is 5.63. The SMILES string of the molecule is COCCCN1CCN(N)CC1. The fourth-order valence-electron chi connectivity index (χ4n) is 1.42. The van der Waals surface area contributed by atoms with Gasteiger partial charge in [0.1, 0.15) is 0 Å². The first-order valence-corrected chi connectivity index (χ1v) is 4.54. The predicted octanol–water partition coefficient (Wildman–Crippen LogP) is -0.486. The Bertz CT molecular complexity index is 113. The summed E-state index contributed by atoms with van der Waals surface area (Å²) in [4.78, 5) is 2.43. The zero-order valence-electron chi connectivity index (χ0n) is 7.83. The van der Waals surface area contributed by atoms with E-state index in [-0.39, 0.29) is 0 Å². The maximum absolute atomic E-state index is 5.63. The second-order valence-electron chi connectivity index (χ2n) is 3.22. The molecule has 0 unspecified atom stereocenters. The minimum atomic E-state index is 0.864. The van der Waals surface area contributed by atoms with Crippen molar-refractivity contribution in [2.45, 2.75) is 6.42 Å². The molecule has 12 heavy (non-hydrogen) atoms. The van der Waals surface area contributed by atoms with Crippen molar-refractivity contribution >= 4 is 0 Å². The van der Waals surface area contributed by atoms with Gasteiger partial charge in [0.2, 0.25) is 0 Å². The molecule has 1 aliphatic rings. The lowest BCUT2D eigenvalue weighted by atomic mass is 10.3. The van der Waals surface area contributed by atoms with E-state index in [9.17, 15) is 0 Å². The molecule has 72 valence electrons. The molecular weight excluding hydrogens is 154 g/mol. The predicted molar refractivity (Wildman–Crippen MR) is 48.7 cm³/mol. The smallest absolute Gasteiger partial charge is 0.0474 e. The van der Waals surface area contributed by atoms with Gasteiger partial charge in [-0.05, 0) is 6.42 Å². The van der Waals surface area contributed by atoms with Gasteiger partial charge in [-0.15, -0.1) is 0 Å². The van der Waals surface area contributed by atoms with Gasteiger partial charge in [0, 0.05) is 46.4 Å². The van der Waals surface area contributed by atoms with E-state index in [2.05, 4.69) is 4.90 Å². The van der Waals surface area contributed by atoms with E-state index in [1.807, 2.05) is 5.01 Å². The molecule has 0 radical (unpaired) electrons. The van der Waals surface area contributed by atoms with Crippen molar-refractivity contribution in [2.24, 2.45) is 5.84 Å². The summed E-state index contributed by atoms with van der Waals surface area (Å²) < 4.78 is 4.99. The highest BCUT2D eigenvalue weighted by molar-refractivity contribution is 4.67. The second kappa shape index (κ2) is 5.48. The molecule has 4 heteroatoms. The first-order chi connectivity index (χ1) is 5.83. The van der Waals surface area contributed by atoms with E-state index >= 15 is 0 Å². The van der Waals surface area contributed by atoms with Gasteiger partial charge >= 0.3 is 0 Å². The van der Waals surface area contributed by atoms with Crippen LogP contribution in [0.3, 0.4) is 0 Å². The molecule has 4 nitrogen and oxygen atoms in total. The van der Waals surface area contributed by atoms with E-state index in [0.29, 0.717) is 0 Å². The van der Waals surface area contributed by atoms with Crippen LogP contribution in [0.5, 0.6) is 0 Å². The first kappa shape index (κ1) is 9.92. The summed E-state index contributed by atoms with van der Waals surface area (Å²) in [5.74, 6) is 5.63. The van der Waals surface area contributed by atoms with Crippen LogP contribution in [-0.4, -0.2) is 56.3 Å². The number of hydrogen-bond donors (Lipinski definition) is 1.